The molecule has 0 unspecified atom stereocenters. The van der Waals surface area contributed by atoms with E-state index >= 15 is 0 Å². The van der Waals surface area contributed by atoms with Gasteiger partial charge in [-0.15, -0.1) is 0 Å². The van der Waals surface area contributed by atoms with E-state index in [4.69, 9.17) is 28.3 Å². The first-order valence-electron chi connectivity index (χ1n) is 3.62. The molecule has 0 saturated heterocycles. The van der Waals surface area contributed by atoms with Crippen LogP contribution in [0.3, 0.4) is 0 Å². The predicted octanol–water partition coefficient (Wildman–Crippen LogP) is 3.73. The average Bonchev–Trinajstić information content (AvgIpc) is 2.10. The minimum absolute atomic E-state index is 0.569. The number of aliphatic hydroxyl groups is 1. The van der Waals surface area contributed by atoms with Crippen molar-refractivity contribution in [3.63, 3.8) is 0 Å². The highest BCUT2D eigenvalue weighted by atomic mass is 35.5. The van der Waals surface area contributed by atoms with Gasteiger partial charge in [-0.1, -0.05) is 23.2 Å². The molecule has 1 N–H and O–H groups in total. The van der Waals surface area contributed by atoms with Gasteiger partial charge >= 0.3 is 6.18 Å². The highest BCUT2D eigenvalue weighted by Crippen LogP contribution is 2.35. The lowest BCUT2D eigenvalue weighted by Gasteiger charge is -2.15. The van der Waals surface area contributed by atoms with Crippen molar-refractivity contribution in [1.29, 1.82) is 0 Å². The Hall–Kier alpha value is -0.520. The van der Waals surface area contributed by atoms with E-state index < -0.39 is 33.7 Å². The first kappa shape index (κ1) is 12.5. The summed E-state index contributed by atoms with van der Waals surface area (Å²) in [6.45, 7) is 0. The first-order valence-corrected chi connectivity index (χ1v) is 4.38. The van der Waals surface area contributed by atoms with Gasteiger partial charge in [0.2, 0.25) is 0 Å². The van der Waals surface area contributed by atoms with E-state index in [1.165, 1.54) is 0 Å². The molecule has 0 aliphatic carbocycles. The zero-order valence-corrected chi connectivity index (χ0v) is 8.46. The normalized spacial score (nSPS) is 14.1. The van der Waals surface area contributed by atoms with Gasteiger partial charge in [-0.05, 0) is 17.7 Å². The molecule has 15 heavy (non-hydrogen) atoms. The zero-order chi connectivity index (χ0) is 11.8. The van der Waals surface area contributed by atoms with E-state index in [-0.39, 0.29) is 0 Å². The second-order valence-corrected chi connectivity index (χ2v) is 3.56. The van der Waals surface area contributed by atoms with Crippen molar-refractivity contribution >= 4 is 23.2 Å². The second-order valence-electron chi connectivity index (χ2n) is 2.74. The fraction of sp³-hybridized carbons (Fsp3) is 0.250. The van der Waals surface area contributed by atoms with E-state index in [0.717, 1.165) is 0 Å². The largest absolute Gasteiger partial charge is 0.418 e. The molecular weight excluding hydrogens is 259 g/mol. The van der Waals surface area contributed by atoms with E-state index in [0.29, 0.717) is 12.1 Å². The van der Waals surface area contributed by atoms with Crippen LogP contribution in [-0.4, -0.2) is 11.3 Å². The lowest BCUT2D eigenvalue weighted by Crippen LogP contribution is -2.20. The van der Waals surface area contributed by atoms with E-state index in [1.54, 1.807) is 0 Å². The van der Waals surface area contributed by atoms with Crippen LogP contribution in [0.25, 0.3) is 0 Å². The molecule has 1 nitrogen and oxygen atoms in total. The maximum Gasteiger partial charge on any atom is 0.418 e. The summed E-state index contributed by atoms with van der Waals surface area (Å²) in [6, 6.07) is 1.36. The highest BCUT2D eigenvalue weighted by molar-refractivity contribution is 6.35. The molecule has 84 valence electrons. The fourth-order valence-electron chi connectivity index (χ4n) is 0.922. The third kappa shape index (κ3) is 2.74. The molecule has 0 aromatic heterocycles. The van der Waals surface area contributed by atoms with Gasteiger partial charge in [0.05, 0.1) is 10.0 Å². The van der Waals surface area contributed by atoms with Crippen molar-refractivity contribution in [2.24, 2.45) is 0 Å². The second kappa shape index (κ2) is 4.15. The third-order valence-electron chi connectivity index (χ3n) is 1.63. The maximum absolute atomic E-state index is 12.8. The molecular formula is C8H4Cl2F4O. The monoisotopic (exact) mass is 262 g/mol. The van der Waals surface area contributed by atoms with Gasteiger partial charge < -0.3 is 5.11 Å². The number of alkyl halides is 3. The molecule has 0 saturated carbocycles. The third-order valence-corrected chi connectivity index (χ3v) is 2.18. The molecule has 1 aromatic rings. The number of halogens is 6. The molecule has 7 heteroatoms. The van der Waals surface area contributed by atoms with Crippen LogP contribution in [-0.2, 0) is 0 Å². The van der Waals surface area contributed by atoms with Crippen LogP contribution >= 0.6 is 23.2 Å². The lowest BCUT2D eigenvalue weighted by atomic mass is 10.1. The van der Waals surface area contributed by atoms with Gasteiger partial charge in [0.1, 0.15) is 0 Å². The van der Waals surface area contributed by atoms with Crippen LogP contribution in [0.15, 0.2) is 12.1 Å². The Labute approximate surface area is 92.2 Å². The smallest absolute Gasteiger partial charge is 0.379 e. The van der Waals surface area contributed by atoms with Crippen molar-refractivity contribution in [3.05, 3.63) is 33.6 Å². The molecule has 1 atom stereocenters. The summed E-state index contributed by atoms with van der Waals surface area (Å²) in [5.74, 6) is -1.02. The average molecular weight is 263 g/mol. The lowest BCUT2D eigenvalue weighted by molar-refractivity contribution is -0.206. The highest BCUT2D eigenvalue weighted by Gasteiger charge is 2.39. The summed E-state index contributed by atoms with van der Waals surface area (Å²) in [4.78, 5) is 0. The summed E-state index contributed by atoms with van der Waals surface area (Å²) in [6.07, 6.45) is -7.57. The Balaban J connectivity index is 3.17. The molecule has 0 aliphatic rings. The minimum Gasteiger partial charge on any atom is -0.379 e. The van der Waals surface area contributed by atoms with Gasteiger partial charge in [0.15, 0.2) is 11.9 Å². The Morgan fingerprint density at radius 3 is 1.87 bits per heavy atom. The maximum atomic E-state index is 12.8. The molecule has 0 bridgehead atoms. The number of hydrogen-bond donors (Lipinski definition) is 1. The Morgan fingerprint density at radius 1 is 1.13 bits per heavy atom. The SMILES string of the molecule is O[C@H](c1cc(Cl)c(F)c(Cl)c1)C(F)(F)F. The van der Waals surface area contributed by atoms with Crippen molar-refractivity contribution in [1.82, 2.24) is 0 Å². The van der Waals surface area contributed by atoms with Crippen LogP contribution in [0.5, 0.6) is 0 Å². The summed E-state index contributed by atoms with van der Waals surface area (Å²) >= 11 is 10.6. The molecule has 0 aliphatic heterocycles. The van der Waals surface area contributed by atoms with Crippen LogP contribution in [0.2, 0.25) is 10.0 Å². The summed E-state index contributed by atoms with van der Waals surface area (Å²) in [5.41, 5.74) is -0.598. The standard InChI is InChI=1S/C8H4Cl2F4O/c9-4-1-3(2-5(10)6(4)11)7(15)8(12,13)14/h1-2,7,15H/t7-/m1/s1. The van der Waals surface area contributed by atoms with Crippen molar-refractivity contribution in [2.45, 2.75) is 12.3 Å². The first-order chi connectivity index (χ1) is 6.73. The van der Waals surface area contributed by atoms with Crippen LogP contribution in [0.1, 0.15) is 11.7 Å². The van der Waals surface area contributed by atoms with Crippen LogP contribution < -0.4 is 0 Å². The van der Waals surface area contributed by atoms with Gasteiger partial charge in [-0.2, -0.15) is 13.2 Å². The number of benzene rings is 1. The van der Waals surface area contributed by atoms with Gasteiger partial charge in [0.25, 0.3) is 0 Å². The quantitative estimate of drug-likeness (QED) is 0.604. The van der Waals surface area contributed by atoms with Crippen LogP contribution in [0.4, 0.5) is 17.6 Å². The van der Waals surface area contributed by atoms with E-state index in [1.807, 2.05) is 0 Å². The minimum atomic E-state index is -4.84. The van der Waals surface area contributed by atoms with Crippen molar-refractivity contribution < 1.29 is 22.7 Å². The summed E-state index contributed by atoms with van der Waals surface area (Å²) in [5, 5.41) is 7.69. The molecule has 1 aromatic carbocycles. The molecule has 0 heterocycles. The molecule has 1 rings (SSSR count). The topological polar surface area (TPSA) is 20.2 Å². The zero-order valence-electron chi connectivity index (χ0n) is 6.95. The molecule has 0 fully saturated rings. The predicted molar refractivity (Wildman–Crippen MR) is 47.4 cm³/mol. The van der Waals surface area contributed by atoms with Crippen LogP contribution in [0, 0.1) is 5.82 Å². The van der Waals surface area contributed by atoms with E-state index in [9.17, 15) is 17.6 Å². The Kier molecular flexibility index (Phi) is 3.48. The molecule has 0 spiro atoms. The molecule has 0 radical (unpaired) electrons. The van der Waals surface area contributed by atoms with Crippen molar-refractivity contribution in [2.75, 3.05) is 0 Å². The van der Waals surface area contributed by atoms with Gasteiger partial charge in [-0.25, -0.2) is 4.39 Å². The summed E-state index contributed by atoms with van der Waals surface area (Å²) in [7, 11) is 0. The summed E-state index contributed by atoms with van der Waals surface area (Å²) < 4.78 is 49.1. The number of rotatable bonds is 1. The Bertz CT molecular complexity index is 354. The van der Waals surface area contributed by atoms with E-state index in [2.05, 4.69) is 0 Å². The Morgan fingerprint density at radius 2 is 1.53 bits per heavy atom. The molecule has 0 amide bonds. The van der Waals surface area contributed by atoms with Crippen molar-refractivity contribution in [3.8, 4) is 0 Å². The number of hydrogen-bond acceptors (Lipinski definition) is 1. The van der Waals surface area contributed by atoms with Gasteiger partial charge in [0, 0.05) is 0 Å². The number of aliphatic hydroxyl groups excluding tert-OH is 1. The van der Waals surface area contributed by atoms with Gasteiger partial charge in [-0.3, -0.25) is 0 Å². The fourth-order valence-corrected chi connectivity index (χ4v) is 1.43.